The van der Waals surface area contributed by atoms with Crippen molar-refractivity contribution in [3.05, 3.63) is 59.9 Å². The van der Waals surface area contributed by atoms with Crippen LogP contribution in [0.5, 0.6) is 0 Å². The minimum absolute atomic E-state index is 0.0109. The molecule has 2 N–H and O–H groups in total. The van der Waals surface area contributed by atoms with E-state index in [0.717, 1.165) is 12.0 Å². The molecule has 104 valence electrons. The van der Waals surface area contributed by atoms with Crippen LogP contribution < -0.4 is 5.73 Å². The molecule has 1 heterocycles. The number of para-hydroxylation sites is 1. The van der Waals surface area contributed by atoms with Crippen LogP contribution in [0.15, 0.2) is 48.8 Å². The molecule has 1 aromatic carbocycles. The van der Waals surface area contributed by atoms with Gasteiger partial charge in [-0.1, -0.05) is 25.1 Å². The zero-order valence-electron chi connectivity index (χ0n) is 11.6. The lowest BCUT2D eigenvalue weighted by atomic mass is 10.1. The Balaban J connectivity index is 2.19. The second-order valence-electron chi connectivity index (χ2n) is 4.67. The Labute approximate surface area is 119 Å². The zero-order valence-corrected chi connectivity index (χ0v) is 11.6. The summed E-state index contributed by atoms with van der Waals surface area (Å²) in [4.78, 5) is 18.3. The maximum absolute atomic E-state index is 12.5. The van der Waals surface area contributed by atoms with Crippen LogP contribution in [0, 0.1) is 0 Å². The zero-order chi connectivity index (χ0) is 14.4. The third kappa shape index (κ3) is 3.35. The Hall–Kier alpha value is -2.36. The molecule has 0 saturated carbocycles. The second kappa shape index (κ2) is 6.70. The third-order valence-electron chi connectivity index (χ3n) is 3.11. The fraction of sp³-hybridized carbons (Fsp3) is 0.250. The fourth-order valence-corrected chi connectivity index (χ4v) is 2.08. The van der Waals surface area contributed by atoms with E-state index < -0.39 is 0 Å². The highest BCUT2D eigenvalue weighted by Crippen LogP contribution is 2.15. The number of pyridine rings is 1. The van der Waals surface area contributed by atoms with Crippen molar-refractivity contribution in [2.75, 3.05) is 12.3 Å². The molecule has 0 aliphatic carbocycles. The van der Waals surface area contributed by atoms with Crippen LogP contribution in [-0.2, 0) is 6.54 Å². The topological polar surface area (TPSA) is 59.2 Å². The van der Waals surface area contributed by atoms with Gasteiger partial charge in [-0.05, 0) is 30.2 Å². The van der Waals surface area contributed by atoms with E-state index in [4.69, 9.17) is 5.73 Å². The number of nitrogens with two attached hydrogens (primary N) is 1. The molecule has 0 atom stereocenters. The Kier molecular flexibility index (Phi) is 4.71. The lowest BCUT2D eigenvalue weighted by Crippen LogP contribution is -2.31. The van der Waals surface area contributed by atoms with Crippen molar-refractivity contribution in [1.82, 2.24) is 9.88 Å². The van der Waals surface area contributed by atoms with Gasteiger partial charge in [0.05, 0.1) is 5.56 Å². The summed E-state index contributed by atoms with van der Waals surface area (Å²) in [5.74, 6) is -0.0109. The second-order valence-corrected chi connectivity index (χ2v) is 4.67. The SMILES string of the molecule is CCCN(Cc1ccccc1N)C(=O)c1cccnc1. The van der Waals surface area contributed by atoms with E-state index >= 15 is 0 Å². The van der Waals surface area contributed by atoms with Crippen LogP contribution in [-0.4, -0.2) is 22.3 Å². The number of carbonyl (C=O) groups excluding carboxylic acids is 1. The van der Waals surface area contributed by atoms with Gasteiger partial charge >= 0.3 is 0 Å². The number of nitrogens with zero attached hydrogens (tertiary/aromatic N) is 2. The van der Waals surface area contributed by atoms with Gasteiger partial charge in [-0.3, -0.25) is 9.78 Å². The average molecular weight is 269 g/mol. The summed E-state index contributed by atoms with van der Waals surface area (Å²) >= 11 is 0. The summed E-state index contributed by atoms with van der Waals surface area (Å²) in [6.07, 6.45) is 4.16. The van der Waals surface area contributed by atoms with E-state index in [1.54, 1.807) is 24.5 Å². The molecular formula is C16H19N3O. The molecule has 0 fully saturated rings. The van der Waals surface area contributed by atoms with Gasteiger partial charge in [-0.15, -0.1) is 0 Å². The van der Waals surface area contributed by atoms with E-state index in [1.165, 1.54) is 0 Å². The first-order valence-electron chi connectivity index (χ1n) is 6.75. The number of benzene rings is 1. The van der Waals surface area contributed by atoms with Gasteiger partial charge in [0.25, 0.3) is 5.91 Å². The highest BCUT2D eigenvalue weighted by atomic mass is 16.2. The van der Waals surface area contributed by atoms with Crippen LogP contribution >= 0.6 is 0 Å². The molecule has 2 rings (SSSR count). The first kappa shape index (κ1) is 14.1. The lowest BCUT2D eigenvalue weighted by Gasteiger charge is -2.23. The smallest absolute Gasteiger partial charge is 0.255 e. The van der Waals surface area contributed by atoms with Crippen molar-refractivity contribution >= 4 is 11.6 Å². The largest absolute Gasteiger partial charge is 0.398 e. The van der Waals surface area contributed by atoms with Crippen molar-refractivity contribution in [3.8, 4) is 0 Å². The predicted octanol–water partition coefficient (Wildman–Crippen LogP) is 2.72. The van der Waals surface area contributed by atoms with Crippen molar-refractivity contribution < 1.29 is 4.79 Å². The van der Waals surface area contributed by atoms with E-state index in [9.17, 15) is 4.79 Å². The molecule has 1 amide bonds. The molecule has 1 aromatic heterocycles. The first-order valence-corrected chi connectivity index (χ1v) is 6.75. The quantitative estimate of drug-likeness (QED) is 0.849. The van der Waals surface area contributed by atoms with Gasteiger partial charge in [-0.25, -0.2) is 0 Å². The number of rotatable bonds is 5. The van der Waals surface area contributed by atoms with Crippen molar-refractivity contribution in [1.29, 1.82) is 0 Å². The number of nitrogen functional groups attached to an aromatic ring is 1. The van der Waals surface area contributed by atoms with Gasteiger partial charge in [0, 0.05) is 31.2 Å². The molecule has 0 spiro atoms. The fourth-order valence-electron chi connectivity index (χ4n) is 2.08. The van der Waals surface area contributed by atoms with Gasteiger partial charge in [0.1, 0.15) is 0 Å². The molecule has 0 aliphatic heterocycles. The summed E-state index contributed by atoms with van der Waals surface area (Å²) in [5, 5.41) is 0. The molecule has 4 nitrogen and oxygen atoms in total. The van der Waals surface area contributed by atoms with E-state index in [2.05, 4.69) is 11.9 Å². The van der Waals surface area contributed by atoms with Crippen LogP contribution in [0.1, 0.15) is 29.3 Å². The summed E-state index contributed by atoms with van der Waals surface area (Å²) in [6.45, 7) is 3.27. The Morgan fingerprint density at radius 1 is 1.25 bits per heavy atom. The van der Waals surface area contributed by atoms with Crippen LogP contribution in [0.2, 0.25) is 0 Å². The molecular weight excluding hydrogens is 250 g/mol. The van der Waals surface area contributed by atoms with Crippen molar-refractivity contribution in [3.63, 3.8) is 0 Å². The van der Waals surface area contributed by atoms with E-state index in [1.807, 2.05) is 29.2 Å². The maximum Gasteiger partial charge on any atom is 0.255 e. The number of aromatic nitrogens is 1. The monoisotopic (exact) mass is 269 g/mol. The number of anilines is 1. The number of carbonyl (C=O) groups is 1. The first-order chi connectivity index (χ1) is 9.72. The number of amides is 1. The van der Waals surface area contributed by atoms with Gasteiger partial charge < -0.3 is 10.6 Å². The van der Waals surface area contributed by atoms with Crippen molar-refractivity contribution in [2.45, 2.75) is 19.9 Å². The normalized spacial score (nSPS) is 10.2. The molecule has 4 heteroatoms. The Morgan fingerprint density at radius 2 is 2.05 bits per heavy atom. The van der Waals surface area contributed by atoms with Crippen molar-refractivity contribution in [2.24, 2.45) is 0 Å². The minimum Gasteiger partial charge on any atom is -0.398 e. The predicted molar refractivity (Wildman–Crippen MR) is 80.1 cm³/mol. The average Bonchev–Trinajstić information content (AvgIpc) is 2.49. The van der Waals surface area contributed by atoms with Crippen LogP contribution in [0.4, 0.5) is 5.69 Å². The molecule has 0 aliphatic rings. The Bertz CT molecular complexity index is 569. The standard InChI is InChI=1S/C16H19N3O/c1-2-10-19(12-14-6-3-4-8-15(14)17)16(20)13-7-5-9-18-11-13/h3-9,11H,2,10,12,17H2,1H3. The van der Waals surface area contributed by atoms with E-state index in [0.29, 0.717) is 24.3 Å². The minimum atomic E-state index is -0.0109. The van der Waals surface area contributed by atoms with Crippen LogP contribution in [0.3, 0.4) is 0 Å². The Morgan fingerprint density at radius 3 is 2.70 bits per heavy atom. The molecule has 0 bridgehead atoms. The third-order valence-corrected chi connectivity index (χ3v) is 3.11. The highest BCUT2D eigenvalue weighted by molar-refractivity contribution is 5.93. The highest BCUT2D eigenvalue weighted by Gasteiger charge is 2.16. The van der Waals surface area contributed by atoms with Gasteiger partial charge in [0.15, 0.2) is 0 Å². The molecule has 0 saturated heterocycles. The maximum atomic E-state index is 12.5. The molecule has 0 unspecified atom stereocenters. The summed E-state index contributed by atoms with van der Waals surface area (Å²) in [5.41, 5.74) is 8.25. The van der Waals surface area contributed by atoms with Gasteiger partial charge in [0.2, 0.25) is 0 Å². The summed E-state index contributed by atoms with van der Waals surface area (Å²) in [7, 11) is 0. The lowest BCUT2D eigenvalue weighted by molar-refractivity contribution is 0.0743. The summed E-state index contributed by atoms with van der Waals surface area (Å²) in [6, 6.07) is 11.2. The number of hydrogen-bond donors (Lipinski definition) is 1. The summed E-state index contributed by atoms with van der Waals surface area (Å²) < 4.78 is 0. The molecule has 0 radical (unpaired) electrons. The molecule has 20 heavy (non-hydrogen) atoms. The van der Waals surface area contributed by atoms with Gasteiger partial charge in [-0.2, -0.15) is 0 Å². The van der Waals surface area contributed by atoms with Crippen LogP contribution in [0.25, 0.3) is 0 Å². The van der Waals surface area contributed by atoms with E-state index in [-0.39, 0.29) is 5.91 Å². The molecule has 2 aromatic rings. The number of hydrogen-bond acceptors (Lipinski definition) is 3.